The van der Waals surface area contributed by atoms with Crippen molar-refractivity contribution in [2.75, 3.05) is 16.0 Å². The Labute approximate surface area is 290 Å². The second kappa shape index (κ2) is 12.0. The van der Waals surface area contributed by atoms with Crippen molar-refractivity contribution >= 4 is 40.1 Å². The molecule has 9 rings (SSSR count). The van der Waals surface area contributed by atoms with E-state index in [-0.39, 0.29) is 5.97 Å². The summed E-state index contributed by atoms with van der Waals surface area (Å²) in [5.41, 5.74) is 9.25. The van der Waals surface area contributed by atoms with Crippen molar-refractivity contribution in [3.8, 4) is 22.6 Å². The third-order valence-corrected chi connectivity index (χ3v) is 9.21. The number of hydrogen-bond acceptors (Lipinski definition) is 6. The van der Waals surface area contributed by atoms with Gasteiger partial charge in [0.25, 0.3) is 0 Å². The van der Waals surface area contributed by atoms with E-state index in [2.05, 4.69) is 40.2 Å². The van der Waals surface area contributed by atoms with Gasteiger partial charge in [-0.15, -0.1) is 0 Å². The summed E-state index contributed by atoms with van der Waals surface area (Å²) < 4.78 is 12.9. The van der Waals surface area contributed by atoms with Gasteiger partial charge in [-0.05, 0) is 96.1 Å². The van der Waals surface area contributed by atoms with E-state index in [4.69, 9.17) is 9.47 Å². The van der Waals surface area contributed by atoms with Gasteiger partial charge in [0.05, 0.1) is 5.56 Å². The number of fused-ring (bicyclic) bond motifs is 6. The van der Waals surface area contributed by atoms with Crippen molar-refractivity contribution in [3.63, 3.8) is 0 Å². The first-order valence-electron chi connectivity index (χ1n) is 16.5. The van der Waals surface area contributed by atoms with Crippen LogP contribution in [0.5, 0.6) is 11.5 Å². The molecule has 0 saturated carbocycles. The van der Waals surface area contributed by atoms with Gasteiger partial charge in [-0.1, -0.05) is 84.9 Å². The Kier molecular flexibility index (Phi) is 7.06. The summed E-state index contributed by atoms with van der Waals surface area (Å²) in [5.74, 6) is 0.963. The van der Waals surface area contributed by atoms with Crippen LogP contribution in [0.1, 0.15) is 27.0 Å². The van der Waals surface area contributed by atoms with Crippen LogP contribution in [0, 0.1) is 0 Å². The largest absolute Gasteiger partial charge is 0.456 e. The molecule has 0 aliphatic carbocycles. The Bertz CT molecular complexity index is 2310. The molecule has 3 N–H and O–H groups in total. The number of carbonyl (C=O) groups excluding carboxylic acids is 1. The molecule has 0 saturated heterocycles. The number of para-hydroxylation sites is 3. The fourth-order valence-corrected chi connectivity index (χ4v) is 6.95. The van der Waals surface area contributed by atoms with E-state index in [0.717, 1.165) is 61.9 Å². The van der Waals surface area contributed by atoms with Gasteiger partial charge >= 0.3 is 5.97 Å². The van der Waals surface area contributed by atoms with Crippen LogP contribution in [0.2, 0.25) is 0 Å². The minimum absolute atomic E-state index is 0.365. The molecule has 2 heterocycles. The molecule has 6 nitrogen and oxygen atoms in total. The number of benzene rings is 7. The molecule has 7 aromatic carbocycles. The van der Waals surface area contributed by atoms with Crippen molar-refractivity contribution < 1.29 is 14.3 Å². The lowest BCUT2D eigenvalue weighted by Crippen LogP contribution is -2.32. The van der Waals surface area contributed by atoms with Crippen LogP contribution in [0.15, 0.2) is 170 Å². The van der Waals surface area contributed by atoms with E-state index in [0.29, 0.717) is 17.1 Å². The Morgan fingerprint density at radius 3 is 1.40 bits per heavy atom. The molecule has 2 aliphatic rings. The molecule has 0 atom stereocenters. The van der Waals surface area contributed by atoms with Gasteiger partial charge in [-0.25, -0.2) is 4.79 Å². The van der Waals surface area contributed by atoms with Crippen molar-refractivity contribution in [1.82, 2.24) is 0 Å². The Hall–Kier alpha value is -6.79. The van der Waals surface area contributed by atoms with E-state index in [9.17, 15) is 4.79 Å². The zero-order valence-electron chi connectivity index (χ0n) is 26.9. The van der Waals surface area contributed by atoms with Crippen LogP contribution in [0.4, 0.5) is 34.1 Å². The molecule has 2 aliphatic heterocycles. The van der Waals surface area contributed by atoms with Gasteiger partial charge in [-0.3, -0.25) is 0 Å². The van der Waals surface area contributed by atoms with Crippen LogP contribution in [0.25, 0.3) is 11.1 Å². The molecule has 0 aromatic heterocycles. The maximum atomic E-state index is 14.0. The highest BCUT2D eigenvalue weighted by Crippen LogP contribution is 2.57. The molecule has 0 unspecified atom stereocenters. The number of hydrogen-bond donors (Lipinski definition) is 3. The highest BCUT2D eigenvalue weighted by atomic mass is 16.6. The summed E-state index contributed by atoms with van der Waals surface area (Å²) in [6.07, 6.45) is 0. The summed E-state index contributed by atoms with van der Waals surface area (Å²) >= 11 is 0. The predicted octanol–water partition coefficient (Wildman–Crippen LogP) is 11.2. The molecular weight excluding hydrogens is 619 g/mol. The second-order valence-electron chi connectivity index (χ2n) is 12.4. The van der Waals surface area contributed by atoms with E-state index in [1.54, 1.807) is 0 Å². The monoisotopic (exact) mass is 649 g/mol. The standard InChI is InChI=1S/C44H31N3O3/c48-43-42-36(29-11-3-1-4-12-29)27-35(28-39(42)44(50-43)37-15-7-9-17-40(37)49-41-18-10-8-16-38(41)44)47-34-25-23-33(24-26-34)46-32-21-19-31(20-22-32)45-30-13-5-2-6-14-30/h1-28,45-47H. The fraction of sp³-hybridized carbons (Fsp3) is 0.0227. The number of nitrogens with one attached hydrogen (secondary N) is 3. The molecule has 50 heavy (non-hydrogen) atoms. The summed E-state index contributed by atoms with van der Waals surface area (Å²) in [6.45, 7) is 0. The Morgan fingerprint density at radius 2 is 0.860 bits per heavy atom. The molecule has 1 spiro atoms. The second-order valence-corrected chi connectivity index (χ2v) is 12.4. The molecule has 0 radical (unpaired) electrons. The Morgan fingerprint density at radius 1 is 0.420 bits per heavy atom. The van der Waals surface area contributed by atoms with E-state index in [1.165, 1.54) is 0 Å². The highest BCUT2D eigenvalue weighted by Gasteiger charge is 2.54. The lowest BCUT2D eigenvalue weighted by atomic mass is 9.76. The van der Waals surface area contributed by atoms with Gasteiger partial charge in [0, 0.05) is 50.8 Å². The van der Waals surface area contributed by atoms with Crippen LogP contribution in [-0.2, 0) is 10.3 Å². The summed E-state index contributed by atoms with van der Waals surface area (Å²) in [7, 11) is 0. The molecule has 0 amide bonds. The lowest BCUT2D eigenvalue weighted by molar-refractivity contribution is 0.0225. The third-order valence-electron chi connectivity index (χ3n) is 9.21. The number of esters is 1. The molecule has 0 fully saturated rings. The average molecular weight is 650 g/mol. The van der Waals surface area contributed by atoms with Gasteiger partial charge in [0.15, 0.2) is 5.60 Å². The minimum atomic E-state index is -1.17. The van der Waals surface area contributed by atoms with Gasteiger partial charge in [0.2, 0.25) is 0 Å². The van der Waals surface area contributed by atoms with Crippen molar-refractivity contribution in [2.24, 2.45) is 0 Å². The molecule has 0 bridgehead atoms. The first kappa shape index (κ1) is 29.4. The summed E-state index contributed by atoms with van der Waals surface area (Å²) in [6, 6.07) is 56.1. The number of ether oxygens (including phenoxy) is 2. The number of anilines is 6. The van der Waals surface area contributed by atoms with Crippen LogP contribution >= 0.6 is 0 Å². The Balaban J connectivity index is 1.06. The molecular formula is C44H31N3O3. The first-order chi connectivity index (χ1) is 24.6. The fourth-order valence-electron chi connectivity index (χ4n) is 6.95. The van der Waals surface area contributed by atoms with Crippen LogP contribution < -0.4 is 20.7 Å². The van der Waals surface area contributed by atoms with E-state index < -0.39 is 5.60 Å². The maximum absolute atomic E-state index is 14.0. The predicted molar refractivity (Wildman–Crippen MR) is 199 cm³/mol. The third kappa shape index (κ3) is 5.11. The molecule has 7 aromatic rings. The first-order valence-corrected chi connectivity index (χ1v) is 16.5. The highest BCUT2D eigenvalue weighted by molar-refractivity contribution is 6.04. The topological polar surface area (TPSA) is 71.6 Å². The summed E-state index contributed by atoms with van der Waals surface area (Å²) in [5, 5.41) is 10.5. The smallest absolute Gasteiger partial charge is 0.340 e. The zero-order chi connectivity index (χ0) is 33.5. The minimum Gasteiger partial charge on any atom is -0.456 e. The number of rotatable bonds is 7. The van der Waals surface area contributed by atoms with Crippen LogP contribution in [0.3, 0.4) is 0 Å². The maximum Gasteiger partial charge on any atom is 0.340 e. The SMILES string of the molecule is O=C1OC2(c3ccccc3Oc3ccccc32)c2cc(Nc3ccc(Nc4ccc(Nc5ccccc5)cc4)cc3)cc(-c3ccccc3)c21. The zero-order valence-corrected chi connectivity index (χ0v) is 26.9. The normalized spacial score (nSPS) is 13.3. The van der Waals surface area contributed by atoms with Crippen molar-refractivity contribution in [3.05, 3.63) is 192 Å². The van der Waals surface area contributed by atoms with E-state index in [1.807, 2.05) is 146 Å². The van der Waals surface area contributed by atoms with E-state index >= 15 is 0 Å². The van der Waals surface area contributed by atoms with Gasteiger partial charge in [0.1, 0.15) is 11.5 Å². The van der Waals surface area contributed by atoms with Gasteiger partial charge < -0.3 is 25.4 Å². The van der Waals surface area contributed by atoms with Crippen molar-refractivity contribution in [2.45, 2.75) is 5.60 Å². The van der Waals surface area contributed by atoms with Gasteiger partial charge in [-0.2, -0.15) is 0 Å². The quantitative estimate of drug-likeness (QED) is 0.149. The average Bonchev–Trinajstić information content (AvgIpc) is 3.45. The summed E-state index contributed by atoms with van der Waals surface area (Å²) in [4.78, 5) is 14.0. The van der Waals surface area contributed by atoms with Crippen LogP contribution in [-0.4, -0.2) is 5.97 Å². The molecule has 240 valence electrons. The van der Waals surface area contributed by atoms with Crippen molar-refractivity contribution in [1.29, 1.82) is 0 Å². The number of carbonyl (C=O) groups is 1. The molecule has 6 heteroatoms. The lowest BCUT2D eigenvalue weighted by Gasteiger charge is -2.36.